The summed E-state index contributed by atoms with van der Waals surface area (Å²) < 4.78 is 40.6. The predicted molar refractivity (Wildman–Crippen MR) is 183 cm³/mol. The molecule has 1 heterocycles. The fourth-order valence-electron chi connectivity index (χ4n) is 5.43. The van der Waals surface area contributed by atoms with Crippen LogP contribution in [0.1, 0.15) is 46.4 Å². The first kappa shape index (κ1) is 33.2. The van der Waals surface area contributed by atoms with E-state index in [-0.39, 0.29) is 44.8 Å². The van der Waals surface area contributed by atoms with Gasteiger partial charge in [-0.1, -0.05) is 47.5 Å². The molecule has 0 unspecified atom stereocenters. The van der Waals surface area contributed by atoms with Crippen molar-refractivity contribution >= 4 is 61.6 Å². The van der Waals surface area contributed by atoms with Crippen LogP contribution in [-0.4, -0.2) is 42.5 Å². The monoisotopic (exact) mass is 705 g/mol. The van der Waals surface area contributed by atoms with Gasteiger partial charge < -0.3 is 19.9 Å². The van der Waals surface area contributed by atoms with Gasteiger partial charge in [0, 0.05) is 18.3 Å². The highest BCUT2D eigenvalue weighted by molar-refractivity contribution is 7.89. The smallest absolute Gasteiger partial charge is 0.337 e. The highest BCUT2D eigenvalue weighted by Gasteiger charge is 2.27. The van der Waals surface area contributed by atoms with E-state index in [0.29, 0.717) is 36.5 Å². The van der Waals surface area contributed by atoms with Gasteiger partial charge in [-0.05, 0) is 97.1 Å². The molecule has 5 aromatic rings. The summed E-state index contributed by atoms with van der Waals surface area (Å²) in [5.74, 6) is -0.0800. The third-order valence-electron chi connectivity index (χ3n) is 7.91. The van der Waals surface area contributed by atoms with Crippen LogP contribution in [0.3, 0.4) is 0 Å². The van der Waals surface area contributed by atoms with Crippen LogP contribution in [0.15, 0.2) is 102 Å². The summed E-state index contributed by atoms with van der Waals surface area (Å²) in [5.41, 5.74) is 0.420. The van der Waals surface area contributed by atoms with Crippen molar-refractivity contribution in [3.8, 4) is 17.4 Å². The molecule has 1 aliphatic carbocycles. The number of anilines is 1. The topological polar surface area (TPSA) is 144 Å². The molecular weight excluding hydrogens is 677 g/mol. The number of aromatic nitrogens is 1. The molecule has 1 aliphatic rings. The number of hydrogen-bond acceptors (Lipinski definition) is 7. The van der Waals surface area contributed by atoms with Gasteiger partial charge >= 0.3 is 5.97 Å². The maximum atomic E-state index is 12.8. The van der Waals surface area contributed by atoms with Crippen molar-refractivity contribution in [3.05, 3.63) is 118 Å². The number of fused-ring (bicyclic) bond motifs is 1. The second kappa shape index (κ2) is 14.2. The van der Waals surface area contributed by atoms with Crippen molar-refractivity contribution in [3.63, 3.8) is 0 Å². The number of rotatable bonds is 10. The Morgan fingerprint density at radius 3 is 2.21 bits per heavy atom. The fraction of sp³-hybridized carbons (Fsp3) is 0.171. The van der Waals surface area contributed by atoms with Crippen LogP contribution in [0.5, 0.6) is 17.4 Å². The summed E-state index contributed by atoms with van der Waals surface area (Å²) in [4.78, 5) is 28.4. The van der Waals surface area contributed by atoms with E-state index in [1.807, 2.05) is 36.4 Å². The number of nitrogens with one attached hydrogen (secondary N) is 2. The second-order valence-corrected chi connectivity index (χ2v) is 13.8. The average molecular weight is 707 g/mol. The van der Waals surface area contributed by atoms with Gasteiger partial charge in [-0.3, -0.25) is 4.79 Å². The van der Waals surface area contributed by atoms with Crippen molar-refractivity contribution in [2.45, 2.75) is 42.7 Å². The Bertz CT molecular complexity index is 2100. The molecule has 0 saturated heterocycles. The highest BCUT2D eigenvalue weighted by Crippen LogP contribution is 2.31. The molecule has 3 N–H and O–H groups in total. The van der Waals surface area contributed by atoms with Gasteiger partial charge in [-0.15, -0.1) is 0 Å². The minimum Gasteiger partial charge on any atom is -0.490 e. The Morgan fingerprint density at radius 2 is 1.52 bits per heavy atom. The molecule has 1 saturated carbocycles. The van der Waals surface area contributed by atoms with E-state index in [9.17, 15) is 23.1 Å². The van der Waals surface area contributed by atoms with Crippen LogP contribution in [0.4, 0.5) is 5.69 Å². The van der Waals surface area contributed by atoms with E-state index >= 15 is 0 Å². The number of sulfonamides is 1. The van der Waals surface area contributed by atoms with Crippen molar-refractivity contribution in [2.75, 3.05) is 5.32 Å². The number of hydrogen-bond donors (Lipinski definition) is 3. The average Bonchev–Trinajstić information content (AvgIpc) is 3.07. The SMILES string of the molecule is O=C(Nc1ccccc1C(=O)O)c1ccc(Oc2ccc3cc(OC4CCC(NS(=O)(=O)c5ccc(Cl)c(Cl)c5)CC4)ccc3c2)nc1. The summed E-state index contributed by atoms with van der Waals surface area (Å²) in [7, 11) is -3.72. The molecule has 48 heavy (non-hydrogen) atoms. The summed E-state index contributed by atoms with van der Waals surface area (Å²) >= 11 is 11.9. The Balaban J connectivity index is 1.02. The number of benzene rings is 4. The van der Waals surface area contributed by atoms with E-state index in [4.69, 9.17) is 32.7 Å². The van der Waals surface area contributed by atoms with E-state index in [1.54, 1.807) is 24.3 Å². The number of nitrogens with zero attached hydrogens (tertiary/aromatic N) is 1. The molecule has 0 bridgehead atoms. The number of para-hydroxylation sites is 1. The lowest BCUT2D eigenvalue weighted by Crippen LogP contribution is -2.39. The molecule has 1 aromatic heterocycles. The molecule has 4 aromatic carbocycles. The Morgan fingerprint density at radius 1 is 0.812 bits per heavy atom. The first-order chi connectivity index (χ1) is 23.0. The van der Waals surface area contributed by atoms with Gasteiger partial charge in [0.2, 0.25) is 15.9 Å². The number of carboxylic acid groups (broad SMARTS) is 1. The van der Waals surface area contributed by atoms with Gasteiger partial charge in [0.15, 0.2) is 0 Å². The molecule has 0 aliphatic heterocycles. The van der Waals surface area contributed by atoms with E-state index < -0.39 is 21.9 Å². The second-order valence-electron chi connectivity index (χ2n) is 11.3. The highest BCUT2D eigenvalue weighted by atomic mass is 35.5. The van der Waals surface area contributed by atoms with Crippen LogP contribution < -0.4 is 19.5 Å². The zero-order chi connectivity index (χ0) is 33.8. The third-order valence-corrected chi connectivity index (χ3v) is 10.2. The van der Waals surface area contributed by atoms with Crippen molar-refractivity contribution < 1.29 is 32.6 Å². The van der Waals surface area contributed by atoms with Gasteiger partial charge in [0.25, 0.3) is 5.91 Å². The van der Waals surface area contributed by atoms with Crippen molar-refractivity contribution in [2.24, 2.45) is 0 Å². The molecule has 0 atom stereocenters. The van der Waals surface area contributed by atoms with Crippen molar-refractivity contribution in [1.82, 2.24) is 9.71 Å². The first-order valence-corrected chi connectivity index (χ1v) is 17.2. The Labute approximate surface area is 286 Å². The summed E-state index contributed by atoms with van der Waals surface area (Å²) in [6.07, 6.45) is 3.98. The minimum atomic E-state index is -3.72. The third kappa shape index (κ3) is 7.88. The van der Waals surface area contributed by atoms with Crippen molar-refractivity contribution in [1.29, 1.82) is 0 Å². The molecule has 0 radical (unpaired) electrons. The lowest BCUT2D eigenvalue weighted by molar-refractivity contribution is 0.0698. The quantitative estimate of drug-likeness (QED) is 0.133. The molecular formula is C35H29Cl2N3O7S. The summed E-state index contributed by atoms with van der Waals surface area (Å²) in [5, 5.41) is 14.3. The van der Waals surface area contributed by atoms with Gasteiger partial charge in [0.1, 0.15) is 11.5 Å². The van der Waals surface area contributed by atoms with Crippen LogP contribution in [0, 0.1) is 0 Å². The zero-order valence-electron chi connectivity index (χ0n) is 25.2. The first-order valence-electron chi connectivity index (χ1n) is 15.0. The summed E-state index contributed by atoms with van der Waals surface area (Å²) in [6, 6.07) is 24.7. The number of ether oxygens (including phenoxy) is 2. The Hall–Kier alpha value is -4.68. The van der Waals surface area contributed by atoms with E-state index in [2.05, 4.69) is 15.0 Å². The Kier molecular flexibility index (Phi) is 9.83. The van der Waals surface area contributed by atoms with Crippen LogP contribution in [0.2, 0.25) is 10.0 Å². The van der Waals surface area contributed by atoms with Gasteiger partial charge in [0.05, 0.1) is 37.9 Å². The van der Waals surface area contributed by atoms with Gasteiger partial charge in [-0.2, -0.15) is 0 Å². The fourth-order valence-corrected chi connectivity index (χ4v) is 7.12. The zero-order valence-corrected chi connectivity index (χ0v) is 27.6. The number of amides is 1. The standard InChI is InChI=1S/C35H29Cl2N3O7S/c36-30-15-14-28(19-31(30)37)48(44,45)40-24-8-12-25(13-9-24)46-26-10-5-22-18-27(11-6-21(22)17-26)47-33-16-7-23(20-38-33)34(41)39-32-4-2-1-3-29(32)35(42)43/h1-7,10-11,14-20,24-25,40H,8-9,12-13H2,(H,39,41)(H,42,43). The van der Waals surface area contributed by atoms with E-state index in [0.717, 1.165) is 16.5 Å². The minimum absolute atomic E-state index is 0.0123. The lowest BCUT2D eigenvalue weighted by Gasteiger charge is -2.29. The van der Waals surface area contributed by atoms with Crippen LogP contribution in [-0.2, 0) is 10.0 Å². The molecule has 1 amide bonds. The lowest BCUT2D eigenvalue weighted by atomic mass is 9.93. The number of carboxylic acids is 1. The predicted octanol–water partition coefficient (Wildman–Crippen LogP) is 7.95. The maximum Gasteiger partial charge on any atom is 0.337 e. The number of halogens is 2. The number of pyridine rings is 1. The summed E-state index contributed by atoms with van der Waals surface area (Å²) in [6.45, 7) is 0. The maximum absolute atomic E-state index is 12.8. The molecule has 10 nitrogen and oxygen atoms in total. The van der Waals surface area contributed by atoms with Gasteiger partial charge in [-0.25, -0.2) is 22.9 Å². The molecule has 246 valence electrons. The molecule has 6 rings (SSSR count). The van der Waals surface area contributed by atoms with Crippen LogP contribution >= 0.6 is 23.2 Å². The normalized spacial score (nSPS) is 16.3. The molecule has 1 fully saturated rings. The molecule has 0 spiro atoms. The number of carbonyl (C=O) groups excluding carboxylic acids is 1. The van der Waals surface area contributed by atoms with E-state index in [1.165, 1.54) is 36.5 Å². The number of aromatic carboxylic acids is 1. The number of carbonyl (C=O) groups is 2. The van der Waals surface area contributed by atoms with Crippen LogP contribution in [0.25, 0.3) is 10.8 Å². The molecule has 13 heteroatoms. The largest absolute Gasteiger partial charge is 0.490 e.